The Labute approximate surface area is 236 Å². The quantitative estimate of drug-likeness (QED) is 0.266. The van der Waals surface area contributed by atoms with Gasteiger partial charge in [0.2, 0.25) is 0 Å². The number of nitrogens with one attached hydrogen (secondary N) is 1. The first-order valence-corrected chi connectivity index (χ1v) is 14.1. The van der Waals surface area contributed by atoms with E-state index in [9.17, 15) is 9.59 Å². The van der Waals surface area contributed by atoms with Crippen LogP contribution in [0.2, 0.25) is 0 Å². The summed E-state index contributed by atoms with van der Waals surface area (Å²) in [7, 11) is 0. The van der Waals surface area contributed by atoms with Crippen molar-refractivity contribution in [3.8, 4) is 11.5 Å². The van der Waals surface area contributed by atoms with Crippen LogP contribution < -0.4 is 5.32 Å². The van der Waals surface area contributed by atoms with Crippen LogP contribution in [0.3, 0.4) is 0 Å². The summed E-state index contributed by atoms with van der Waals surface area (Å²) in [5.74, 6) is -0.812. The molecule has 4 aromatic rings. The molecule has 1 aliphatic rings. The van der Waals surface area contributed by atoms with Crippen molar-refractivity contribution < 1.29 is 24.0 Å². The van der Waals surface area contributed by atoms with Crippen LogP contribution in [0.15, 0.2) is 76.6 Å². The van der Waals surface area contributed by atoms with E-state index in [0.717, 1.165) is 26.1 Å². The van der Waals surface area contributed by atoms with Gasteiger partial charge in [-0.1, -0.05) is 65.8 Å². The molecule has 0 bridgehead atoms. The van der Waals surface area contributed by atoms with Crippen molar-refractivity contribution in [2.24, 2.45) is 0 Å². The Balaban J connectivity index is 1.30. The average molecular weight is 562 g/mol. The van der Waals surface area contributed by atoms with E-state index >= 15 is 0 Å². The van der Waals surface area contributed by atoms with Crippen molar-refractivity contribution in [3.05, 3.63) is 88.9 Å². The number of hydrogen-bond acceptors (Lipinski definition) is 8. The smallest absolute Gasteiger partial charge is 0.358 e. The number of aromatic carboxylic acids is 1. The predicted molar refractivity (Wildman–Crippen MR) is 152 cm³/mol. The molecule has 2 amide bonds. The van der Waals surface area contributed by atoms with Gasteiger partial charge in [-0.05, 0) is 17.5 Å². The molecule has 11 heteroatoms. The SMILES string of the molecule is O=C(O)c1cc(-c2csc(NC(=O)N(CCC(c3ccccc3)c3ccccc3)CCN3CCOCC3)n2)on1. The van der Waals surface area contributed by atoms with Gasteiger partial charge in [-0.15, -0.1) is 11.3 Å². The highest BCUT2D eigenvalue weighted by molar-refractivity contribution is 7.14. The zero-order valence-electron chi connectivity index (χ0n) is 21.9. The number of rotatable bonds is 11. The van der Waals surface area contributed by atoms with Crippen molar-refractivity contribution in [2.45, 2.75) is 12.3 Å². The summed E-state index contributed by atoms with van der Waals surface area (Å²) in [5, 5.41) is 17.6. The van der Waals surface area contributed by atoms with Gasteiger partial charge in [0.05, 0.1) is 13.2 Å². The molecule has 0 spiro atoms. The number of morpholine rings is 1. The molecule has 208 valence electrons. The van der Waals surface area contributed by atoms with Crippen LogP contribution in [0, 0.1) is 0 Å². The molecule has 2 N–H and O–H groups in total. The fourth-order valence-electron chi connectivity index (χ4n) is 4.69. The summed E-state index contributed by atoms with van der Waals surface area (Å²) in [6, 6.07) is 21.8. The maximum atomic E-state index is 13.5. The van der Waals surface area contributed by atoms with E-state index in [1.165, 1.54) is 28.5 Å². The molecule has 1 saturated heterocycles. The molecule has 0 radical (unpaired) electrons. The lowest BCUT2D eigenvalue weighted by molar-refractivity contribution is 0.0351. The van der Waals surface area contributed by atoms with Crippen LogP contribution in [-0.4, -0.2) is 83.0 Å². The molecular weight excluding hydrogens is 530 g/mol. The number of carbonyl (C=O) groups is 2. The normalized spacial score (nSPS) is 13.8. The molecule has 0 unspecified atom stereocenters. The lowest BCUT2D eigenvalue weighted by atomic mass is 9.88. The minimum atomic E-state index is -1.18. The third-order valence-electron chi connectivity index (χ3n) is 6.87. The number of ether oxygens (including phenoxy) is 1. The summed E-state index contributed by atoms with van der Waals surface area (Å²) < 4.78 is 10.6. The summed E-state index contributed by atoms with van der Waals surface area (Å²) in [6.45, 7) is 4.94. The number of carboxylic acids is 1. The molecule has 40 heavy (non-hydrogen) atoms. The van der Waals surface area contributed by atoms with Gasteiger partial charge >= 0.3 is 12.0 Å². The second-order valence-electron chi connectivity index (χ2n) is 9.45. The number of nitrogens with zero attached hydrogens (tertiary/aromatic N) is 4. The number of urea groups is 1. The number of anilines is 1. The molecule has 0 saturated carbocycles. The summed E-state index contributed by atoms with van der Waals surface area (Å²) in [5.41, 5.74) is 2.63. The number of carbonyl (C=O) groups excluding carboxylic acids is 1. The topological polar surface area (TPSA) is 121 Å². The highest BCUT2D eigenvalue weighted by atomic mass is 32.1. The third kappa shape index (κ3) is 7.12. The van der Waals surface area contributed by atoms with Crippen LogP contribution in [0.25, 0.3) is 11.5 Å². The van der Waals surface area contributed by atoms with Crippen molar-refractivity contribution >= 4 is 28.5 Å². The molecule has 1 aliphatic heterocycles. The molecule has 5 rings (SSSR count). The van der Waals surface area contributed by atoms with Gasteiger partial charge in [0.1, 0.15) is 5.69 Å². The molecule has 2 aromatic carbocycles. The van der Waals surface area contributed by atoms with E-state index in [1.807, 2.05) is 41.3 Å². The van der Waals surface area contributed by atoms with Crippen molar-refractivity contribution in [1.82, 2.24) is 19.9 Å². The molecule has 1 fully saturated rings. The van der Waals surface area contributed by atoms with Gasteiger partial charge in [-0.2, -0.15) is 0 Å². The van der Waals surface area contributed by atoms with Crippen LogP contribution in [0.4, 0.5) is 9.93 Å². The fourth-order valence-corrected chi connectivity index (χ4v) is 5.38. The molecule has 3 heterocycles. The van der Waals surface area contributed by atoms with Crippen LogP contribution in [0.5, 0.6) is 0 Å². The molecule has 0 atom stereocenters. The van der Waals surface area contributed by atoms with Gasteiger partial charge in [-0.3, -0.25) is 10.2 Å². The number of amides is 2. The number of thiazole rings is 1. The van der Waals surface area contributed by atoms with Gasteiger partial charge in [0, 0.05) is 50.1 Å². The van der Waals surface area contributed by atoms with E-state index in [1.54, 1.807) is 5.38 Å². The van der Waals surface area contributed by atoms with E-state index < -0.39 is 5.97 Å². The Morgan fingerprint density at radius 2 is 1.70 bits per heavy atom. The molecule has 2 aromatic heterocycles. The monoisotopic (exact) mass is 561 g/mol. The Bertz CT molecular complexity index is 1350. The van der Waals surface area contributed by atoms with Crippen LogP contribution >= 0.6 is 11.3 Å². The summed E-state index contributed by atoms with van der Waals surface area (Å²) in [6.07, 6.45) is 0.754. The zero-order valence-corrected chi connectivity index (χ0v) is 22.8. The highest BCUT2D eigenvalue weighted by Crippen LogP contribution is 2.29. The highest BCUT2D eigenvalue weighted by Gasteiger charge is 2.22. The van der Waals surface area contributed by atoms with Crippen LogP contribution in [-0.2, 0) is 4.74 Å². The first-order chi connectivity index (χ1) is 19.6. The molecule has 10 nitrogen and oxygen atoms in total. The predicted octanol–water partition coefficient (Wildman–Crippen LogP) is 4.88. The Morgan fingerprint density at radius 3 is 2.33 bits per heavy atom. The maximum absolute atomic E-state index is 13.5. The summed E-state index contributed by atoms with van der Waals surface area (Å²) in [4.78, 5) is 33.2. The second kappa shape index (κ2) is 13.3. The fraction of sp³-hybridized carbons (Fsp3) is 0.310. The molecular formula is C29H31N5O5S. The second-order valence-corrected chi connectivity index (χ2v) is 10.3. The first-order valence-electron chi connectivity index (χ1n) is 13.2. The first kappa shape index (κ1) is 27.5. The van der Waals surface area contributed by atoms with Crippen molar-refractivity contribution in [1.29, 1.82) is 0 Å². The minimum Gasteiger partial charge on any atom is -0.476 e. The van der Waals surface area contributed by atoms with Crippen molar-refractivity contribution in [3.63, 3.8) is 0 Å². The third-order valence-corrected chi connectivity index (χ3v) is 7.63. The van der Waals surface area contributed by atoms with E-state index in [-0.39, 0.29) is 23.4 Å². The number of carboxylic acid groups (broad SMARTS) is 1. The Hall–Kier alpha value is -4.06. The zero-order chi connectivity index (χ0) is 27.7. The number of hydrogen-bond donors (Lipinski definition) is 2. The van der Waals surface area contributed by atoms with E-state index in [4.69, 9.17) is 14.4 Å². The standard InChI is InChI=1S/C29H31N5O5S/c35-27(36)24-19-26(39-32-24)25-20-40-28(30-25)31-29(37)34(14-13-33-15-17-38-18-16-33)12-11-23(21-7-3-1-4-8-21)22-9-5-2-6-10-22/h1-10,19-20,23H,11-18H2,(H,35,36)(H,30,31,37). The number of aromatic nitrogens is 2. The van der Waals surface area contributed by atoms with Gasteiger partial charge in [0.15, 0.2) is 16.6 Å². The van der Waals surface area contributed by atoms with Gasteiger partial charge in [-0.25, -0.2) is 14.6 Å². The van der Waals surface area contributed by atoms with Crippen LogP contribution in [0.1, 0.15) is 34.0 Å². The largest absolute Gasteiger partial charge is 0.476 e. The summed E-state index contributed by atoms with van der Waals surface area (Å²) >= 11 is 1.24. The maximum Gasteiger partial charge on any atom is 0.358 e. The average Bonchev–Trinajstić information content (AvgIpc) is 3.67. The lowest BCUT2D eigenvalue weighted by Gasteiger charge is -2.31. The van der Waals surface area contributed by atoms with Crippen molar-refractivity contribution in [2.75, 3.05) is 51.3 Å². The number of benzene rings is 2. The van der Waals surface area contributed by atoms with E-state index in [2.05, 4.69) is 44.6 Å². The minimum absolute atomic E-state index is 0.141. The molecule has 0 aliphatic carbocycles. The van der Waals surface area contributed by atoms with Gasteiger partial charge in [0.25, 0.3) is 0 Å². The van der Waals surface area contributed by atoms with Gasteiger partial charge < -0.3 is 19.3 Å². The Morgan fingerprint density at radius 1 is 1.02 bits per heavy atom. The lowest BCUT2D eigenvalue weighted by Crippen LogP contribution is -2.44. The van der Waals surface area contributed by atoms with E-state index in [0.29, 0.717) is 37.1 Å². The Kier molecular flexibility index (Phi) is 9.17.